The topological polar surface area (TPSA) is 58.6 Å². The minimum Gasteiger partial charge on any atom is -0.481 e. The smallest absolute Gasteiger partial charge is 0.263 e. The highest BCUT2D eigenvalue weighted by molar-refractivity contribution is 5.94. The molecule has 2 aromatic carbocycles. The molecular formula is C22H23FN2O3. The number of amides is 2. The first-order chi connectivity index (χ1) is 13.5. The molecule has 28 heavy (non-hydrogen) atoms. The van der Waals surface area contributed by atoms with Crippen molar-refractivity contribution in [3.63, 3.8) is 0 Å². The van der Waals surface area contributed by atoms with E-state index >= 15 is 0 Å². The summed E-state index contributed by atoms with van der Waals surface area (Å²) >= 11 is 0. The number of halogens is 1. The molecule has 2 aliphatic rings. The van der Waals surface area contributed by atoms with Gasteiger partial charge in [0.05, 0.1) is 0 Å². The largest absolute Gasteiger partial charge is 0.481 e. The highest BCUT2D eigenvalue weighted by atomic mass is 19.1. The van der Waals surface area contributed by atoms with Gasteiger partial charge < -0.3 is 15.0 Å². The van der Waals surface area contributed by atoms with Crippen LogP contribution < -0.4 is 10.1 Å². The minimum absolute atomic E-state index is 0.0482. The first kappa shape index (κ1) is 18.5. The molecule has 1 fully saturated rings. The van der Waals surface area contributed by atoms with E-state index < -0.39 is 6.10 Å². The summed E-state index contributed by atoms with van der Waals surface area (Å²) in [7, 11) is 0. The molecule has 1 N–H and O–H groups in total. The zero-order valence-corrected chi connectivity index (χ0v) is 15.8. The molecule has 0 radical (unpaired) electrons. The Hall–Kier alpha value is -2.89. The number of rotatable bonds is 5. The number of carbonyl (C=O) groups is 2. The Balaban J connectivity index is 1.49. The Morgan fingerprint density at radius 1 is 1.21 bits per heavy atom. The van der Waals surface area contributed by atoms with Crippen molar-refractivity contribution in [1.82, 2.24) is 4.90 Å². The highest BCUT2D eigenvalue weighted by Crippen LogP contribution is 2.32. The van der Waals surface area contributed by atoms with Gasteiger partial charge in [0, 0.05) is 30.3 Å². The third-order valence-electron chi connectivity index (χ3n) is 5.18. The lowest BCUT2D eigenvalue weighted by molar-refractivity contribution is -0.137. The van der Waals surface area contributed by atoms with Crippen molar-refractivity contribution < 1.29 is 18.7 Å². The summed E-state index contributed by atoms with van der Waals surface area (Å²) < 4.78 is 18.9. The third-order valence-corrected chi connectivity index (χ3v) is 5.18. The maximum atomic E-state index is 13.1. The molecule has 2 amide bonds. The van der Waals surface area contributed by atoms with Gasteiger partial charge in [-0.25, -0.2) is 4.39 Å². The quantitative estimate of drug-likeness (QED) is 0.861. The molecule has 1 aliphatic heterocycles. The van der Waals surface area contributed by atoms with Crippen molar-refractivity contribution in [2.75, 3.05) is 11.9 Å². The Morgan fingerprint density at radius 2 is 1.96 bits per heavy atom. The Morgan fingerprint density at radius 3 is 2.68 bits per heavy atom. The third kappa shape index (κ3) is 4.16. The van der Waals surface area contributed by atoms with Gasteiger partial charge in [-0.2, -0.15) is 0 Å². The van der Waals surface area contributed by atoms with Gasteiger partial charge in [-0.15, -0.1) is 0 Å². The van der Waals surface area contributed by atoms with Crippen LogP contribution in [0.3, 0.4) is 0 Å². The molecule has 0 saturated heterocycles. The lowest BCUT2D eigenvalue weighted by Crippen LogP contribution is -2.39. The fraction of sp³-hybridized carbons (Fsp3) is 0.364. The molecule has 6 heteroatoms. The lowest BCUT2D eigenvalue weighted by atomic mass is 10.1. The number of benzene rings is 2. The monoisotopic (exact) mass is 382 g/mol. The summed E-state index contributed by atoms with van der Waals surface area (Å²) in [6, 6.07) is 11.8. The lowest BCUT2D eigenvalue weighted by Gasteiger charge is -2.22. The van der Waals surface area contributed by atoms with Gasteiger partial charge in [0.2, 0.25) is 5.91 Å². The van der Waals surface area contributed by atoms with Crippen LogP contribution in [0.15, 0.2) is 42.5 Å². The van der Waals surface area contributed by atoms with Crippen molar-refractivity contribution in [3.05, 3.63) is 59.4 Å². The van der Waals surface area contributed by atoms with Gasteiger partial charge >= 0.3 is 0 Å². The summed E-state index contributed by atoms with van der Waals surface area (Å²) in [6.07, 6.45) is 1.94. The molecule has 1 aliphatic carbocycles. The first-order valence-electron chi connectivity index (χ1n) is 9.63. The SMILES string of the molecule is C[C@@H]1Oc2ccc(NC(=O)C3CC3)cc2CN(CCc2ccc(F)cc2)C1=O. The summed E-state index contributed by atoms with van der Waals surface area (Å²) in [5, 5.41) is 2.94. The number of hydrogen-bond donors (Lipinski definition) is 1. The fourth-order valence-electron chi connectivity index (χ4n) is 3.37. The normalized spacial score (nSPS) is 18.9. The van der Waals surface area contributed by atoms with Crippen LogP contribution in [0.2, 0.25) is 0 Å². The number of nitrogens with zero attached hydrogens (tertiary/aromatic N) is 1. The van der Waals surface area contributed by atoms with Crippen molar-refractivity contribution in [2.45, 2.75) is 38.8 Å². The fourth-order valence-corrected chi connectivity index (χ4v) is 3.37. The molecule has 0 aromatic heterocycles. The van der Waals surface area contributed by atoms with Gasteiger partial charge in [-0.1, -0.05) is 12.1 Å². The minimum atomic E-state index is -0.582. The molecular weight excluding hydrogens is 359 g/mol. The van der Waals surface area contributed by atoms with E-state index in [0.29, 0.717) is 25.3 Å². The van der Waals surface area contributed by atoms with Crippen LogP contribution >= 0.6 is 0 Å². The standard InChI is InChI=1S/C22H23FN2O3/c1-14-22(27)25(11-10-15-2-6-18(23)7-3-15)13-17-12-19(8-9-20(17)28-14)24-21(26)16-4-5-16/h2-3,6-9,12,14,16H,4-5,10-11,13H2,1H3,(H,24,26)/t14-/m0/s1. The second-order valence-electron chi connectivity index (χ2n) is 7.48. The average Bonchev–Trinajstić information content (AvgIpc) is 3.53. The average molecular weight is 382 g/mol. The number of hydrogen-bond acceptors (Lipinski definition) is 3. The molecule has 146 valence electrons. The zero-order valence-electron chi connectivity index (χ0n) is 15.8. The van der Waals surface area contributed by atoms with E-state index in [-0.39, 0.29) is 23.5 Å². The van der Waals surface area contributed by atoms with Gasteiger partial charge in [0.1, 0.15) is 11.6 Å². The van der Waals surface area contributed by atoms with Gasteiger partial charge in [0.15, 0.2) is 6.10 Å². The van der Waals surface area contributed by atoms with Gasteiger partial charge in [-0.05, 0) is 62.1 Å². The van der Waals surface area contributed by atoms with Crippen LogP contribution in [-0.2, 0) is 22.6 Å². The van der Waals surface area contributed by atoms with E-state index in [9.17, 15) is 14.0 Å². The van der Waals surface area contributed by atoms with Gasteiger partial charge in [0.25, 0.3) is 5.91 Å². The maximum absolute atomic E-state index is 13.1. The molecule has 1 heterocycles. The second-order valence-corrected chi connectivity index (χ2v) is 7.48. The molecule has 1 saturated carbocycles. The van der Waals surface area contributed by atoms with Crippen molar-refractivity contribution >= 4 is 17.5 Å². The predicted molar refractivity (Wildman–Crippen MR) is 103 cm³/mol. The number of anilines is 1. The molecule has 0 unspecified atom stereocenters. The van der Waals surface area contributed by atoms with Crippen LogP contribution in [-0.4, -0.2) is 29.4 Å². The highest BCUT2D eigenvalue weighted by Gasteiger charge is 2.30. The van der Waals surface area contributed by atoms with Crippen LogP contribution in [0.5, 0.6) is 5.75 Å². The van der Waals surface area contributed by atoms with Gasteiger partial charge in [-0.3, -0.25) is 9.59 Å². The Labute approximate surface area is 163 Å². The van der Waals surface area contributed by atoms with Crippen LogP contribution in [0.1, 0.15) is 30.9 Å². The first-order valence-corrected chi connectivity index (χ1v) is 9.63. The van der Waals surface area contributed by atoms with E-state index in [4.69, 9.17) is 4.74 Å². The van der Waals surface area contributed by atoms with E-state index in [2.05, 4.69) is 5.32 Å². The molecule has 5 nitrogen and oxygen atoms in total. The van der Waals surface area contributed by atoms with Crippen LogP contribution in [0.25, 0.3) is 0 Å². The molecule has 0 bridgehead atoms. The van der Waals surface area contributed by atoms with E-state index in [1.807, 2.05) is 18.2 Å². The number of ether oxygens (including phenoxy) is 1. The van der Waals surface area contributed by atoms with E-state index in [1.165, 1.54) is 12.1 Å². The van der Waals surface area contributed by atoms with Crippen molar-refractivity contribution in [1.29, 1.82) is 0 Å². The van der Waals surface area contributed by atoms with E-state index in [0.717, 1.165) is 29.7 Å². The predicted octanol–water partition coefficient (Wildman–Crippen LogP) is 3.53. The Kier molecular flexibility index (Phi) is 5.03. The number of nitrogens with one attached hydrogen (secondary N) is 1. The molecule has 2 aromatic rings. The second kappa shape index (κ2) is 7.62. The van der Waals surface area contributed by atoms with E-state index in [1.54, 1.807) is 24.0 Å². The van der Waals surface area contributed by atoms with Crippen molar-refractivity contribution in [2.24, 2.45) is 5.92 Å². The maximum Gasteiger partial charge on any atom is 0.263 e. The summed E-state index contributed by atoms with van der Waals surface area (Å²) in [4.78, 5) is 26.5. The van der Waals surface area contributed by atoms with Crippen molar-refractivity contribution in [3.8, 4) is 5.75 Å². The summed E-state index contributed by atoms with van der Waals surface area (Å²) in [5.74, 6) is 0.485. The Bertz CT molecular complexity index is 893. The van der Waals surface area contributed by atoms with Crippen LogP contribution in [0.4, 0.5) is 10.1 Å². The number of carbonyl (C=O) groups excluding carboxylic acids is 2. The van der Waals surface area contributed by atoms with Crippen LogP contribution in [0, 0.1) is 11.7 Å². The molecule has 0 spiro atoms. The number of fused-ring (bicyclic) bond motifs is 1. The molecule has 4 rings (SSSR count). The zero-order chi connectivity index (χ0) is 19.7. The summed E-state index contributed by atoms with van der Waals surface area (Å²) in [5.41, 5.74) is 2.56. The molecule has 1 atom stereocenters. The summed E-state index contributed by atoms with van der Waals surface area (Å²) in [6.45, 7) is 2.66.